The fraction of sp³-hybridized carbons (Fsp3) is 0.909. The number of alkyl halides is 1. The van der Waals surface area contributed by atoms with Crippen molar-refractivity contribution >= 4 is 17.5 Å². The molecule has 0 heterocycles. The van der Waals surface area contributed by atoms with Gasteiger partial charge in [0.1, 0.15) is 0 Å². The summed E-state index contributed by atoms with van der Waals surface area (Å²) in [5, 5.41) is 2.89. The van der Waals surface area contributed by atoms with Gasteiger partial charge in [-0.1, -0.05) is 0 Å². The van der Waals surface area contributed by atoms with Crippen LogP contribution in [-0.4, -0.2) is 42.9 Å². The molecule has 0 aromatic heterocycles. The zero-order chi connectivity index (χ0) is 11.7. The Hall–Kier alpha value is -0.280. The molecule has 0 aromatic rings. The maximum Gasteiger partial charge on any atom is 0.220 e. The Morgan fingerprint density at radius 2 is 2.07 bits per heavy atom. The second-order valence-electron chi connectivity index (χ2n) is 4.07. The standard InChI is InChI=1S/C11H23ClN2O/c1-10(2)14(3)9-5-8-13-11(15)6-4-7-12/h10H,4-9H2,1-3H3,(H,13,15). The van der Waals surface area contributed by atoms with Gasteiger partial charge in [0, 0.05) is 24.9 Å². The van der Waals surface area contributed by atoms with Crippen LogP contribution in [0, 0.1) is 0 Å². The predicted molar refractivity (Wildman–Crippen MR) is 65.3 cm³/mol. The van der Waals surface area contributed by atoms with Gasteiger partial charge in [0.05, 0.1) is 0 Å². The Bertz CT molecular complexity index is 174. The first kappa shape index (κ1) is 14.7. The van der Waals surface area contributed by atoms with Crippen LogP contribution >= 0.6 is 11.6 Å². The molecular weight excluding hydrogens is 212 g/mol. The van der Waals surface area contributed by atoms with E-state index in [1.807, 2.05) is 0 Å². The van der Waals surface area contributed by atoms with Gasteiger partial charge in [-0.25, -0.2) is 0 Å². The molecule has 0 fully saturated rings. The summed E-state index contributed by atoms with van der Waals surface area (Å²) in [6.45, 7) is 6.11. The maximum absolute atomic E-state index is 11.2. The van der Waals surface area contributed by atoms with Crippen LogP contribution in [0.25, 0.3) is 0 Å². The smallest absolute Gasteiger partial charge is 0.220 e. The van der Waals surface area contributed by atoms with E-state index in [4.69, 9.17) is 11.6 Å². The fourth-order valence-electron chi connectivity index (χ4n) is 1.13. The second kappa shape index (κ2) is 8.98. The third kappa shape index (κ3) is 8.70. The number of rotatable bonds is 8. The summed E-state index contributed by atoms with van der Waals surface area (Å²) in [4.78, 5) is 13.5. The Balaban J connectivity index is 3.34. The molecule has 0 aliphatic heterocycles. The molecule has 0 atom stereocenters. The van der Waals surface area contributed by atoms with Crippen molar-refractivity contribution in [2.75, 3.05) is 26.0 Å². The van der Waals surface area contributed by atoms with Crippen LogP contribution in [0.1, 0.15) is 33.1 Å². The lowest BCUT2D eigenvalue weighted by atomic mass is 10.3. The zero-order valence-electron chi connectivity index (χ0n) is 10.1. The summed E-state index contributed by atoms with van der Waals surface area (Å²) in [6, 6.07) is 0.567. The third-order valence-corrected chi connectivity index (χ3v) is 2.70. The van der Waals surface area contributed by atoms with Crippen LogP contribution in [0.4, 0.5) is 0 Å². The Morgan fingerprint density at radius 3 is 2.60 bits per heavy atom. The third-order valence-electron chi connectivity index (χ3n) is 2.43. The van der Waals surface area contributed by atoms with E-state index in [-0.39, 0.29) is 5.91 Å². The highest BCUT2D eigenvalue weighted by atomic mass is 35.5. The van der Waals surface area contributed by atoms with E-state index in [1.165, 1.54) is 0 Å². The number of nitrogens with zero attached hydrogens (tertiary/aromatic N) is 1. The zero-order valence-corrected chi connectivity index (χ0v) is 10.8. The van der Waals surface area contributed by atoms with Gasteiger partial charge in [0.2, 0.25) is 5.91 Å². The highest BCUT2D eigenvalue weighted by Crippen LogP contribution is 1.95. The molecule has 0 radical (unpaired) electrons. The molecular formula is C11H23ClN2O. The van der Waals surface area contributed by atoms with Crippen molar-refractivity contribution in [1.29, 1.82) is 0 Å². The first-order valence-electron chi connectivity index (χ1n) is 5.60. The summed E-state index contributed by atoms with van der Waals surface area (Å²) in [6.07, 6.45) is 2.31. The summed E-state index contributed by atoms with van der Waals surface area (Å²) in [5.41, 5.74) is 0. The molecule has 0 aliphatic carbocycles. The lowest BCUT2D eigenvalue weighted by molar-refractivity contribution is -0.121. The summed E-state index contributed by atoms with van der Waals surface area (Å²) >= 11 is 5.50. The quantitative estimate of drug-likeness (QED) is 0.514. The lowest BCUT2D eigenvalue weighted by Crippen LogP contribution is -2.31. The van der Waals surface area contributed by atoms with Crippen molar-refractivity contribution in [2.24, 2.45) is 0 Å². The molecule has 90 valence electrons. The number of amides is 1. The average Bonchev–Trinajstić information content (AvgIpc) is 2.20. The average molecular weight is 235 g/mol. The molecule has 0 saturated heterocycles. The monoisotopic (exact) mass is 234 g/mol. The number of carbonyl (C=O) groups is 1. The first-order valence-corrected chi connectivity index (χ1v) is 6.14. The van der Waals surface area contributed by atoms with E-state index < -0.39 is 0 Å². The maximum atomic E-state index is 11.2. The van der Waals surface area contributed by atoms with Crippen LogP contribution < -0.4 is 5.32 Å². The molecule has 0 spiro atoms. The van der Waals surface area contributed by atoms with Crippen LogP contribution in [0.3, 0.4) is 0 Å². The number of hydrogen-bond acceptors (Lipinski definition) is 2. The minimum absolute atomic E-state index is 0.114. The molecule has 15 heavy (non-hydrogen) atoms. The van der Waals surface area contributed by atoms with Crippen LogP contribution in [-0.2, 0) is 4.79 Å². The minimum Gasteiger partial charge on any atom is -0.356 e. The Morgan fingerprint density at radius 1 is 1.40 bits per heavy atom. The summed E-state index contributed by atoms with van der Waals surface area (Å²) in [5.74, 6) is 0.673. The van der Waals surface area contributed by atoms with Gasteiger partial charge in [-0.3, -0.25) is 4.79 Å². The van der Waals surface area contributed by atoms with Crippen LogP contribution in [0.2, 0.25) is 0 Å². The van der Waals surface area contributed by atoms with Gasteiger partial charge in [-0.15, -0.1) is 11.6 Å². The minimum atomic E-state index is 0.114. The Labute approximate surface area is 98.2 Å². The molecule has 0 saturated carbocycles. The van der Waals surface area contributed by atoms with Gasteiger partial charge >= 0.3 is 0 Å². The predicted octanol–water partition coefficient (Wildman–Crippen LogP) is 1.85. The van der Waals surface area contributed by atoms with Gasteiger partial charge in [-0.05, 0) is 40.3 Å². The highest BCUT2D eigenvalue weighted by Gasteiger charge is 2.03. The van der Waals surface area contributed by atoms with Crippen molar-refractivity contribution < 1.29 is 4.79 Å². The van der Waals surface area contributed by atoms with E-state index in [0.29, 0.717) is 18.3 Å². The van der Waals surface area contributed by atoms with Gasteiger partial charge in [-0.2, -0.15) is 0 Å². The van der Waals surface area contributed by atoms with E-state index in [2.05, 4.69) is 31.1 Å². The Kier molecular flexibility index (Phi) is 8.82. The molecule has 0 rings (SSSR count). The van der Waals surface area contributed by atoms with Gasteiger partial charge in [0.15, 0.2) is 0 Å². The van der Waals surface area contributed by atoms with E-state index >= 15 is 0 Å². The second-order valence-corrected chi connectivity index (χ2v) is 4.45. The molecule has 0 aliphatic rings. The SMILES string of the molecule is CC(C)N(C)CCCNC(=O)CCCCl. The lowest BCUT2D eigenvalue weighted by Gasteiger charge is -2.20. The molecule has 0 unspecified atom stereocenters. The van der Waals surface area contributed by atoms with Crippen molar-refractivity contribution in [3.63, 3.8) is 0 Å². The topological polar surface area (TPSA) is 32.3 Å². The first-order chi connectivity index (χ1) is 7.07. The summed E-state index contributed by atoms with van der Waals surface area (Å²) in [7, 11) is 2.10. The molecule has 0 aromatic carbocycles. The molecule has 0 bridgehead atoms. The van der Waals surface area contributed by atoms with Crippen molar-refractivity contribution in [3.05, 3.63) is 0 Å². The van der Waals surface area contributed by atoms with E-state index in [0.717, 1.165) is 25.9 Å². The van der Waals surface area contributed by atoms with E-state index in [9.17, 15) is 4.79 Å². The number of halogens is 1. The fourth-order valence-corrected chi connectivity index (χ4v) is 1.26. The molecule has 3 nitrogen and oxygen atoms in total. The highest BCUT2D eigenvalue weighted by molar-refractivity contribution is 6.17. The van der Waals surface area contributed by atoms with Crippen molar-refractivity contribution in [2.45, 2.75) is 39.2 Å². The van der Waals surface area contributed by atoms with Crippen molar-refractivity contribution in [1.82, 2.24) is 10.2 Å². The van der Waals surface area contributed by atoms with Gasteiger partial charge in [0.25, 0.3) is 0 Å². The largest absolute Gasteiger partial charge is 0.356 e. The van der Waals surface area contributed by atoms with Crippen LogP contribution in [0.5, 0.6) is 0 Å². The van der Waals surface area contributed by atoms with E-state index in [1.54, 1.807) is 0 Å². The van der Waals surface area contributed by atoms with Crippen molar-refractivity contribution in [3.8, 4) is 0 Å². The van der Waals surface area contributed by atoms with Crippen LogP contribution in [0.15, 0.2) is 0 Å². The number of carbonyl (C=O) groups excluding carboxylic acids is 1. The number of hydrogen-bond donors (Lipinski definition) is 1. The number of nitrogens with one attached hydrogen (secondary N) is 1. The van der Waals surface area contributed by atoms with Gasteiger partial charge < -0.3 is 10.2 Å². The molecule has 4 heteroatoms. The normalized spacial score (nSPS) is 11.1. The molecule has 1 amide bonds. The summed E-state index contributed by atoms with van der Waals surface area (Å²) < 4.78 is 0. The molecule has 1 N–H and O–H groups in total.